The van der Waals surface area contributed by atoms with Gasteiger partial charge in [-0.1, -0.05) is 26.0 Å². The van der Waals surface area contributed by atoms with Gasteiger partial charge in [0.05, 0.1) is 33.0 Å². The minimum absolute atomic E-state index is 0. The summed E-state index contributed by atoms with van der Waals surface area (Å²) in [4.78, 5) is 7.30. The van der Waals surface area contributed by atoms with E-state index in [9.17, 15) is 5.11 Å². The Balaban J connectivity index is 0.00000450. The molecular formula is C22H39IN4O3. The van der Waals surface area contributed by atoms with Gasteiger partial charge >= 0.3 is 0 Å². The van der Waals surface area contributed by atoms with Gasteiger partial charge in [0, 0.05) is 32.2 Å². The fourth-order valence-corrected chi connectivity index (χ4v) is 3.50. The topological polar surface area (TPSA) is 78.4 Å². The number of benzene rings is 1. The van der Waals surface area contributed by atoms with Crippen LogP contribution in [0.2, 0.25) is 0 Å². The van der Waals surface area contributed by atoms with Crippen LogP contribution in [0.5, 0.6) is 5.75 Å². The zero-order chi connectivity index (χ0) is 21.1. The van der Waals surface area contributed by atoms with Crippen LogP contribution in [0, 0.1) is 5.92 Å². The normalized spacial score (nSPS) is 17.2. The van der Waals surface area contributed by atoms with E-state index >= 15 is 0 Å². The Morgan fingerprint density at radius 2 is 1.87 bits per heavy atom. The molecule has 2 rings (SSSR count). The second-order valence-electron chi connectivity index (χ2n) is 7.82. The first-order valence-electron chi connectivity index (χ1n) is 10.7. The van der Waals surface area contributed by atoms with Gasteiger partial charge in [0.1, 0.15) is 5.75 Å². The number of methoxy groups -OCH3 is 1. The molecule has 2 unspecified atom stereocenters. The lowest BCUT2D eigenvalue weighted by molar-refractivity contribution is 0.0143. The molecule has 1 aromatic rings. The monoisotopic (exact) mass is 534 g/mol. The summed E-state index contributed by atoms with van der Waals surface area (Å²) in [6, 6.07) is 7.88. The smallest absolute Gasteiger partial charge is 0.191 e. The van der Waals surface area contributed by atoms with Crippen molar-refractivity contribution in [2.24, 2.45) is 10.9 Å². The molecule has 1 aliphatic heterocycles. The van der Waals surface area contributed by atoms with E-state index in [-0.39, 0.29) is 24.0 Å². The van der Waals surface area contributed by atoms with Crippen molar-refractivity contribution in [1.29, 1.82) is 0 Å². The van der Waals surface area contributed by atoms with Crippen molar-refractivity contribution in [2.75, 3.05) is 53.0 Å². The number of nitrogens with zero attached hydrogens (tertiary/aromatic N) is 2. The molecule has 1 aliphatic rings. The van der Waals surface area contributed by atoms with Gasteiger partial charge in [0.2, 0.25) is 0 Å². The molecule has 1 aromatic carbocycles. The summed E-state index contributed by atoms with van der Waals surface area (Å²) in [6.07, 6.45) is 0.493. The van der Waals surface area contributed by atoms with Crippen LogP contribution in [0.25, 0.3) is 0 Å². The Bertz CT molecular complexity index is 607. The minimum atomic E-state index is -0.615. The SMILES string of the molecule is CCNC(=NCC(CC(C)C)N1CCOCC1)NCC(O)c1ccc(OC)cc1.I. The molecule has 3 N–H and O–H groups in total. The number of hydrogen-bond donors (Lipinski definition) is 3. The van der Waals surface area contributed by atoms with Crippen LogP contribution >= 0.6 is 24.0 Å². The molecule has 0 amide bonds. The zero-order valence-corrected chi connectivity index (χ0v) is 21.1. The quantitative estimate of drug-likeness (QED) is 0.244. The van der Waals surface area contributed by atoms with Gasteiger partial charge in [-0.25, -0.2) is 0 Å². The highest BCUT2D eigenvalue weighted by Crippen LogP contribution is 2.17. The molecule has 1 saturated heterocycles. The van der Waals surface area contributed by atoms with Gasteiger partial charge in [0.25, 0.3) is 0 Å². The summed E-state index contributed by atoms with van der Waals surface area (Å²) in [6.45, 7) is 12.0. The molecule has 0 saturated carbocycles. The predicted octanol–water partition coefficient (Wildman–Crippen LogP) is 2.65. The molecule has 172 valence electrons. The van der Waals surface area contributed by atoms with E-state index in [0.717, 1.165) is 63.1 Å². The van der Waals surface area contributed by atoms with Crippen molar-refractivity contribution in [1.82, 2.24) is 15.5 Å². The molecule has 0 radical (unpaired) electrons. The van der Waals surface area contributed by atoms with Crippen LogP contribution < -0.4 is 15.4 Å². The predicted molar refractivity (Wildman–Crippen MR) is 133 cm³/mol. The lowest BCUT2D eigenvalue weighted by Crippen LogP contribution is -2.46. The number of ether oxygens (including phenoxy) is 2. The maximum Gasteiger partial charge on any atom is 0.191 e. The van der Waals surface area contributed by atoms with Gasteiger partial charge in [-0.2, -0.15) is 0 Å². The standard InChI is InChI=1S/C22H38N4O3.HI/c1-5-23-22(25-16-21(27)18-6-8-20(28-4)9-7-18)24-15-19(14-17(2)3)26-10-12-29-13-11-26;/h6-9,17,19,21,27H,5,10-16H2,1-4H3,(H2,23,24,25);1H. The van der Waals surface area contributed by atoms with E-state index in [4.69, 9.17) is 14.5 Å². The molecule has 30 heavy (non-hydrogen) atoms. The molecule has 0 bridgehead atoms. The third kappa shape index (κ3) is 9.36. The second kappa shape index (κ2) is 14.8. The maximum absolute atomic E-state index is 10.5. The fourth-order valence-electron chi connectivity index (χ4n) is 3.50. The molecule has 7 nitrogen and oxygen atoms in total. The van der Waals surface area contributed by atoms with E-state index in [1.165, 1.54) is 0 Å². The number of nitrogens with one attached hydrogen (secondary N) is 2. The summed E-state index contributed by atoms with van der Waals surface area (Å²) in [5.74, 6) is 2.13. The largest absolute Gasteiger partial charge is 0.497 e. The minimum Gasteiger partial charge on any atom is -0.497 e. The molecule has 0 aromatic heterocycles. The lowest BCUT2D eigenvalue weighted by atomic mass is 10.0. The molecule has 8 heteroatoms. The number of halogens is 1. The summed E-state index contributed by atoms with van der Waals surface area (Å²) in [5, 5.41) is 17.1. The van der Waals surface area contributed by atoms with E-state index < -0.39 is 6.10 Å². The van der Waals surface area contributed by atoms with E-state index in [1.807, 2.05) is 31.2 Å². The number of rotatable bonds is 10. The van der Waals surface area contributed by atoms with Gasteiger partial charge in [-0.3, -0.25) is 9.89 Å². The Hall–Kier alpha value is -1.10. The first kappa shape index (κ1) is 26.9. The number of guanidine groups is 1. The van der Waals surface area contributed by atoms with Gasteiger partial charge in [-0.05, 0) is 37.0 Å². The zero-order valence-electron chi connectivity index (χ0n) is 18.8. The van der Waals surface area contributed by atoms with Crippen LogP contribution in [0.15, 0.2) is 29.3 Å². The Morgan fingerprint density at radius 1 is 1.20 bits per heavy atom. The number of aliphatic hydroxyl groups is 1. The highest BCUT2D eigenvalue weighted by molar-refractivity contribution is 14.0. The lowest BCUT2D eigenvalue weighted by Gasteiger charge is -2.34. The van der Waals surface area contributed by atoms with E-state index in [1.54, 1.807) is 7.11 Å². The Labute approximate surface area is 198 Å². The maximum atomic E-state index is 10.5. The van der Waals surface area contributed by atoms with Crippen LogP contribution in [-0.4, -0.2) is 75.1 Å². The van der Waals surface area contributed by atoms with Crippen LogP contribution in [0.1, 0.15) is 38.9 Å². The first-order chi connectivity index (χ1) is 14.0. The molecule has 1 fully saturated rings. The molecule has 0 aliphatic carbocycles. The number of aliphatic hydroxyl groups excluding tert-OH is 1. The molecule has 0 spiro atoms. The van der Waals surface area contributed by atoms with Crippen molar-refractivity contribution in [3.63, 3.8) is 0 Å². The molecular weight excluding hydrogens is 495 g/mol. The summed E-state index contributed by atoms with van der Waals surface area (Å²) in [5.41, 5.74) is 0.847. The average Bonchev–Trinajstić information content (AvgIpc) is 2.74. The van der Waals surface area contributed by atoms with Crippen LogP contribution in [0.4, 0.5) is 0 Å². The molecule has 1 heterocycles. The van der Waals surface area contributed by atoms with Crippen molar-refractivity contribution < 1.29 is 14.6 Å². The first-order valence-corrected chi connectivity index (χ1v) is 10.7. The van der Waals surface area contributed by atoms with Gasteiger partial charge < -0.3 is 25.2 Å². The van der Waals surface area contributed by atoms with Crippen molar-refractivity contribution in [3.8, 4) is 5.75 Å². The Kier molecular flexibility index (Phi) is 13.3. The second-order valence-corrected chi connectivity index (χ2v) is 7.82. The summed E-state index contributed by atoms with van der Waals surface area (Å²) in [7, 11) is 1.63. The number of morpholine rings is 1. The third-order valence-corrected chi connectivity index (χ3v) is 5.07. The van der Waals surface area contributed by atoms with Gasteiger partial charge in [-0.15, -0.1) is 24.0 Å². The van der Waals surface area contributed by atoms with Crippen LogP contribution in [-0.2, 0) is 4.74 Å². The summed E-state index contributed by atoms with van der Waals surface area (Å²) < 4.78 is 10.7. The van der Waals surface area contributed by atoms with Crippen molar-refractivity contribution >= 4 is 29.9 Å². The highest BCUT2D eigenvalue weighted by Gasteiger charge is 2.22. The summed E-state index contributed by atoms with van der Waals surface area (Å²) >= 11 is 0. The number of hydrogen-bond acceptors (Lipinski definition) is 5. The van der Waals surface area contributed by atoms with Gasteiger partial charge in [0.15, 0.2) is 5.96 Å². The van der Waals surface area contributed by atoms with E-state index in [0.29, 0.717) is 18.5 Å². The number of aliphatic imine (C=N–C) groups is 1. The highest BCUT2D eigenvalue weighted by atomic mass is 127. The third-order valence-electron chi connectivity index (χ3n) is 5.07. The van der Waals surface area contributed by atoms with E-state index in [2.05, 4.69) is 29.4 Å². The fraction of sp³-hybridized carbons (Fsp3) is 0.682. The molecule has 2 atom stereocenters. The average molecular weight is 534 g/mol. The van der Waals surface area contributed by atoms with Crippen LogP contribution in [0.3, 0.4) is 0 Å². The Morgan fingerprint density at radius 3 is 2.43 bits per heavy atom. The van der Waals surface area contributed by atoms with Crippen molar-refractivity contribution in [3.05, 3.63) is 29.8 Å². The van der Waals surface area contributed by atoms with Crippen molar-refractivity contribution in [2.45, 2.75) is 39.3 Å².